The van der Waals surface area contributed by atoms with E-state index in [-0.39, 0.29) is 18.1 Å². The summed E-state index contributed by atoms with van der Waals surface area (Å²) in [6, 6.07) is 28.0. The van der Waals surface area contributed by atoms with Crippen LogP contribution in [0.15, 0.2) is 91.0 Å². The topological polar surface area (TPSA) is 236 Å². The summed E-state index contributed by atoms with van der Waals surface area (Å²) in [6.45, 7) is 2.72. The van der Waals surface area contributed by atoms with Crippen molar-refractivity contribution in [2.45, 2.75) is 131 Å². The SMILES string of the molecule is N[C@@H](Cc1ccccc1)[C@@H](O)[C@H](O)[C@@H]1CCCN1.N[C@@H](Cc1ccccc1)[C@@H](O)[C@H](O)[C@H]1CCCN1.N[C@@H](Cc1ccccc1)[C@H](O)[C@@H](O)[C@@H]1CCCN1. The van der Waals surface area contributed by atoms with Crippen LogP contribution in [0.4, 0.5) is 0 Å². The summed E-state index contributed by atoms with van der Waals surface area (Å²) < 4.78 is 0. The first-order chi connectivity index (χ1) is 26.0. The molecule has 3 heterocycles. The van der Waals surface area contributed by atoms with Gasteiger partial charge in [-0.3, -0.25) is 0 Å². The van der Waals surface area contributed by atoms with Crippen molar-refractivity contribution in [3.05, 3.63) is 108 Å². The number of benzene rings is 3. The van der Waals surface area contributed by atoms with Crippen molar-refractivity contribution in [3.8, 4) is 0 Å². The highest BCUT2D eigenvalue weighted by atomic mass is 16.3. The molecule has 0 radical (unpaired) electrons. The smallest absolute Gasteiger partial charge is 0.0968 e. The number of hydrogen-bond donors (Lipinski definition) is 12. The van der Waals surface area contributed by atoms with Gasteiger partial charge in [0, 0.05) is 36.3 Å². The van der Waals surface area contributed by atoms with Crippen LogP contribution < -0.4 is 33.2 Å². The van der Waals surface area contributed by atoms with E-state index in [1.54, 1.807) is 0 Å². The van der Waals surface area contributed by atoms with Crippen molar-refractivity contribution in [2.75, 3.05) is 19.6 Å². The van der Waals surface area contributed by atoms with Crippen LogP contribution in [-0.2, 0) is 19.3 Å². The third kappa shape index (κ3) is 14.0. The van der Waals surface area contributed by atoms with E-state index in [1.807, 2.05) is 91.0 Å². The van der Waals surface area contributed by atoms with Crippen LogP contribution in [0, 0.1) is 0 Å². The van der Waals surface area contributed by atoms with Gasteiger partial charge in [-0.15, -0.1) is 0 Å². The number of aliphatic hydroxyl groups excluding tert-OH is 6. The summed E-state index contributed by atoms with van der Waals surface area (Å²) in [5.74, 6) is 0. The van der Waals surface area contributed by atoms with Crippen LogP contribution in [0.1, 0.15) is 55.2 Å². The fourth-order valence-electron chi connectivity index (χ4n) is 7.50. The van der Waals surface area contributed by atoms with Crippen LogP contribution in [0.5, 0.6) is 0 Å². The van der Waals surface area contributed by atoms with Crippen LogP contribution in [0.2, 0.25) is 0 Å². The molecule has 3 saturated heterocycles. The van der Waals surface area contributed by atoms with Gasteiger partial charge in [0.2, 0.25) is 0 Å². The minimum atomic E-state index is -0.888. The lowest BCUT2D eigenvalue weighted by Gasteiger charge is -2.28. The lowest BCUT2D eigenvalue weighted by molar-refractivity contribution is -0.0135. The molecule has 0 amide bonds. The van der Waals surface area contributed by atoms with Crippen molar-refractivity contribution >= 4 is 0 Å². The molecule has 12 nitrogen and oxygen atoms in total. The van der Waals surface area contributed by atoms with Gasteiger partial charge in [0.1, 0.15) is 0 Å². The molecule has 3 aliphatic rings. The third-order valence-corrected chi connectivity index (χ3v) is 10.8. The highest BCUT2D eigenvalue weighted by Crippen LogP contribution is 2.18. The van der Waals surface area contributed by atoms with Gasteiger partial charge >= 0.3 is 0 Å². The lowest BCUT2D eigenvalue weighted by atomic mass is 9.94. The van der Waals surface area contributed by atoms with Gasteiger partial charge in [0.05, 0.1) is 36.6 Å². The number of rotatable bonds is 15. The molecular weight excluding hydrogens is 684 g/mol. The zero-order valence-electron chi connectivity index (χ0n) is 31.5. The molecule has 3 fully saturated rings. The van der Waals surface area contributed by atoms with Gasteiger partial charge in [-0.05, 0) is 94.1 Å². The summed E-state index contributed by atoms with van der Waals surface area (Å²) in [6.07, 6.45) is 2.53. The number of nitrogens with one attached hydrogen (secondary N) is 3. The first-order valence-electron chi connectivity index (χ1n) is 19.7. The maximum absolute atomic E-state index is 10.1. The van der Waals surface area contributed by atoms with Crippen molar-refractivity contribution in [1.82, 2.24) is 16.0 Å². The van der Waals surface area contributed by atoms with Crippen LogP contribution in [0.3, 0.4) is 0 Å². The Balaban J connectivity index is 0.000000180. The van der Waals surface area contributed by atoms with E-state index in [0.29, 0.717) is 19.3 Å². The summed E-state index contributed by atoms with van der Waals surface area (Å²) >= 11 is 0. The molecule has 0 saturated carbocycles. The Kier molecular flexibility index (Phi) is 18.9. The molecule has 3 aromatic carbocycles. The van der Waals surface area contributed by atoms with Gasteiger partial charge in [0.25, 0.3) is 0 Å². The normalized spacial score (nSPS) is 24.7. The molecule has 12 heteroatoms. The van der Waals surface area contributed by atoms with Gasteiger partial charge in [-0.25, -0.2) is 0 Å². The number of hydrogen-bond acceptors (Lipinski definition) is 12. The average Bonchev–Trinajstić information content (AvgIpc) is 4.03. The Morgan fingerprint density at radius 2 is 0.667 bits per heavy atom. The molecule has 12 atom stereocenters. The van der Waals surface area contributed by atoms with Crippen molar-refractivity contribution < 1.29 is 30.6 Å². The van der Waals surface area contributed by atoms with E-state index in [0.717, 1.165) is 74.8 Å². The Bertz CT molecular complexity index is 1230. The predicted octanol–water partition coefficient (Wildman–Crippen LogP) is 0.0906. The first kappa shape index (κ1) is 43.9. The van der Waals surface area contributed by atoms with E-state index in [2.05, 4.69) is 16.0 Å². The van der Waals surface area contributed by atoms with E-state index in [4.69, 9.17) is 17.2 Å². The Hall–Kier alpha value is -2.82. The molecule has 0 aromatic heterocycles. The fraction of sp³-hybridized carbons (Fsp3) is 0.571. The Labute approximate surface area is 321 Å². The number of nitrogens with two attached hydrogens (primary N) is 3. The van der Waals surface area contributed by atoms with Gasteiger partial charge in [-0.2, -0.15) is 0 Å². The maximum Gasteiger partial charge on any atom is 0.0968 e. The molecule has 3 aliphatic heterocycles. The summed E-state index contributed by atoms with van der Waals surface area (Å²) in [5, 5.41) is 70.1. The van der Waals surface area contributed by atoms with Crippen molar-refractivity contribution in [3.63, 3.8) is 0 Å². The summed E-state index contributed by atoms with van der Waals surface area (Å²) in [5.41, 5.74) is 21.2. The summed E-state index contributed by atoms with van der Waals surface area (Å²) in [7, 11) is 0. The van der Waals surface area contributed by atoms with Gasteiger partial charge in [0.15, 0.2) is 0 Å². The maximum atomic E-state index is 10.1. The molecule has 0 bridgehead atoms. The largest absolute Gasteiger partial charge is 0.389 e. The van der Waals surface area contributed by atoms with Gasteiger partial charge in [-0.1, -0.05) is 91.0 Å². The zero-order valence-corrected chi connectivity index (χ0v) is 31.5. The highest BCUT2D eigenvalue weighted by Gasteiger charge is 2.34. The van der Waals surface area contributed by atoms with Crippen molar-refractivity contribution in [1.29, 1.82) is 0 Å². The Morgan fingerprint density at radius 1 is 0.426 bits per heavy atom. The monoisotopic (exact) mass is 751 g/mol. The molecule has 3 aromatic rings. The Morgan fingerprint density at radius 3 is 0.870 bits per heavy atom. The fourth-order valence-corrected chi connectivity index (χ4v) is 7.50. The van der Waals surface area contributed by atoms with E-state index >= 15 is 0 Å². The summed E-state index contributed by atoms with van der Waals surface area (Å²) in [4.78, 5) is 0. The highest BCUT2D eigenvalue weighted by molar-refractivity contribution is 5.18. The first-order valence-corrected chi connectivity index (χ1v) is 19.7. The molecule has 15 N–H and O–H groups in total. The minimum absolute atomic E-state index is 0.0261. The van der Waals surface area contributed by atoms with E-state index < -0.39 is 54.7 Å². The second-order valence-electron chi connectivity index (χ2n) is 15.1. The third-order valence-electron chi connectivity index (χ3n) is 10.8. The predicted molar refractivity (Wildman–Crippen MR) is 213 cm³/mol. The second-order valence-corrected chi connectivity index (χ2v) is 15.1. The van der Waals surface area contributed by atoms with Crippen molar-refractivity contribution in [2.24, 2.45) is 17.2 Å². The zero-order chi connectivity index (χ0) is 38.9. The van der Waals surface area contributed by atoms with E-state index in [1.165, 1.54) is 0 Å². The van der Waals surface area contributed by atoms with Crippen LogP contribution in [0.25, 0.3) is 0 Å². The molecule has 6 rings (SSSR count). The quantitative estimate of drug-likeness (QED) is 0.0991. The molecule has 0 spiro atoms. The van der Waals surface area contributed by atoms with E-state index in [9.17, 15) is 30.6 Å². The second kappa shape index (κ2) is 23.3. The van der Waals surface area contributed by atoms with Crippen LogP contribution in [-0.4, -0.2) is 123 Å². The van der Waals surface area contributed by atoms with Crippen LogP contribution >= 0.6 is 0 Å². The van der Waals surface area contributed by atoms with Gasteiger partial charge < -0.3 is 63.8 Å². The minimum Gasteiger partial charge on any atom is -0.389 e. The standard InChI is InChI=1S/3C14H22N2O2/c3*15-11(9-10-5-2-1-3-6-10)13(17)14(18)12-7-4-8-16-12/h3*1-3,5-6,11-14,16-18H,4,7-9,15H2/t11-,12+,13+,14+;11-,12-,13+,14+;11-,12-,13-,14-/m000/s1. The molecule has 0 unspecified atom stereocenters. The molecule has 0 aliphatic carbocycles. The molecule has 54 heavy (non-hydrogen) atoms. The molecule has 300 valence electrons. The lowest BCUT2D eigenvalue weighted by Crippen LogP contribution is -2.51. The molecular formula is C42H66N6O6. The average molecular weight is 751 g/mol. The number of aliphatic hydroxyl groups is 6.